The number of anilines is 1. The minimum Gasteiger partial charge on any atom is -0.464 e. The Balaban J connectivity index is 2.85. The van der Waals surface area contributed by atoms with Crippen molar-refractivity contribution in [1.82, 2.24) is 9.97 Å². The summed E-state index contributed by atoms with van der Waals surface area (Å²) >= 11 is 0. The molecule has 0 saturated carbocycles. The molecule has 6 nitrogen and oxygen atoms in total. The Morgan fingerprint density at radius 1 is 1.44 bits per heavy atom. The lowest BCUT2D eigenvalue weighted by Gasteiger charge is -2.28. The Morgan fingerprint density at radius 3 is 2.50 bits per heavy atom. The smallest absolute Gasteiger partial charge is 0.358 e. The van der Waals surface area contributed by atoms with Crippen molar-refractivity contribution in [3.63, 3.8) is 0 Å². The first kappa shape index (κ1) is 14.4. The summed E-state index contributed by atoms with van der Waals surface area (Å²) in [6.45, 7) is 6.55. The van der Waals surface area contributed by atoms with Crippen molar-refractivity contribution in [1.29, 1.82) is 0 Å². The Hall–Kier alpha value is -1.69. The van der Waals surface area contributed by atoms with Gasteiger partial charge in [0.2, 0.25) is 0 Å². The third-order valence-electron chi connectivity index (χ3n) is 2.32. The molecule has 0 aliphatic heterocycles. The molecule has 0 spiro atoms. The fourth-order valence-electron chi connectivity index (χ4n) is 1.52. The van der Waals surface area contributed by atoms with Crippen LogP contribution in [0.2, 0.25) is 0 Å². The van der Waals surface area contributed by atoms with E-state index < -0.39 is 11.6 Å². The number of carbonyl (C=O) groups excluding carboxylic acids is 1. The molecule has 100 valence electrons. The van der Waals surface area contributed by atoms with Gasteiger partial charge in [0.15, 0.2) is 5.69 Å². The van der Waals surface area contributed by atoms with E-state index >= 15 is 0 Å². The van der Waals surface area contributed by atoms with Gasteiger partial charge in [0.25, 0.3) is 0 Å². The fourth-order valence-corrected chi connectivity index (χ4v) is 1.52. The van der Waals surface area contributed by atoms with Crippen LogP contribution >= 0.6 is 0 Å². The summed E-state index contributed by atoms with van der Waals surface area (Å²) in [5.74, 6) is 0.104. The van der Waals surface area contributed by atoms with Crippen LogP contribution in [0.1, 0.15) is 31.3 Å². The molecule has 0 saturated heterocycles. The summed E-state index contributed by atoms with van der Waals surface area (Å²) in [4.78, 5) is 21.2. The monoisotopic (exact) mass is 253 g/mol. The molecule has 1 rings (SSSR count). The van der Waals surface area contributed by atoms with Gasteiger partial charge in [-0.25, -0.2) is 14.8 Å². The zero-order valence-corrected chi connectivity index (χ0v) is 11.2. The third-order valence-corrected chi connectivity index (χ3v) is 2.32. The van der Waals surface area contributed by atoms with Gasteiger partial charge in [0.1, 0.15) is 5.82 Å². The third kappa shape index (κ3) is 3.96. The summed E-state index contributed by atoms with van der Waals surface area (Å²) in [5, 5.41) is 9.80. The van der Waals surface area contributed by atoms with Crippen molar-refractivity contribution in [2.75, 3.05) is 25.1 Å². The lowest BCUT2D eigenvalue weighted by Crippen LogP contribution is -2.39. The van der Waals surface area contributed by atoms with Crippen LogP contribution in [0.15, 0.2) is 12.4 Å². The quantitative estimate of drug-likeness (QED) is 0.784. The number of carbonyl (C=O) groups is 1. The van der Waals surface area contributed by atoms with Crippen molar-refractivity contribution in [2.24, 2.45) is 0 Å². The molecule has 0 bridgehead atoms. The molecule has 0 amide bonds. The Labute approximate surface area is 107 Å². The highest BCUT2D eigenvalue weighted by molar-refractivity contribution is 5.86. The van der Waals surface area contributed by atoms with Crippen LogP contribution in [-0.2, 0) is 4.74 Å². The van der Waals surface area contributed by atoms with E-state index in [1.54, 1.807) is 13.8 Å². The Morgan fingerprint density at radius 2 is 2.11 bits per heavy atom. The maximum absolute atomic E-state index is 11.2. The van der Waals surface area contributed by atoms with E-state index in [0.717, 1.165) is 0 Å². The van der Waals surface area contributed by atoms with Crippen LogP contribution in [0.25, 0.3) is 0 Å². The first-order valence-electron chi connectivity index (χ1n) is 5.75. The van der Waals surface area contributed by atoms with Crippen molar-refractivity contribution in [3.8, 4) is 0 Å². The number of methoxy groups -OCH3 is 1. The minimum absolute atomic E-state index is 0.167. The molecule has 6 heteroatoms. The second-order valence-corrected chi connectivity index (χ2v) is 4.58. The van der Waals surface area contributed by atoms with Gasteiger partial charge in [-0.15, -0.1) is 0 Å². The SMILES string of the molecule is CCN(CC(C)(C)O)c1cnc(C(=O)OC)cn1. The van der Waals surface area contributed by atoms with Crippen LogP contribution in [0, 0.1) is 0 Å². The number of ether oxygens (including phenoxy) is 1. The first-order valence-corrected chi connectivity index (χ1v) is 5.75. The maximum atomic E-state index is 11.2. The van der Waals surface area contributed by atoms with Crippen molar-refractivity contribution in [3.05, 3.63) is 18.1 Å². The lowest BCUT2D eigenvalue weighted by atomic mass is 10.1. The first-order chi connectivity index (χ1) is 8.37. The van der Waals surface area contributed by atoms with E-state index in [1.807, 2.05) is 11.8 Å². The highest BCUT2D eigenvalue weighted by atomic mass is 16.5. The normalized spacial score (nSPS) is 11.2. The zero-order chi connectivity index (χ0) is 13.8. The van der Waals surface area contributed by atoms with Gasteiger partial charge in [0.05, 0.1) is 25.1 Å². The molecule has 0 aliphatic rings. The second-order valence-electron chi connectivity index (χ2n) is 4.58. The highest BCUT2D eigenvalue weighted by Gasteiger charge is 2.19. The number of aliphatic hydroxyl groups is 1. The topological polar surface area (TPSA) is 75.5 Å². The number of likely N-dealkylation sites (N-methyl/N-ethyl adjacent to an activating group) is 1. The van der Waals surface area contributed by atoms with E-state index in [-0.39, 0.29) is 5.69 Å². The number of esters is 1. The van der Waals surface area contributed by atoms with E-state index in [0.29, 0.717) is 18.9 Å². The number of hydrogen-bond donors (Lipinski definition) is 1. The van der Waals surface area contributed by atoms with Gasteiger partial charge < -0.3 is 14.7 Å². The standard InChI is InChI=1S/C12H19N3O3/c1-5-15(8-12(2,3)17)10-7-13-9(6-14-10)11(16)18-4/h6-7,17H,5,8H2,1-4H3. The average molecular weight is 253 g/mol. The van der Waals surface area contributed by atoms with Gasteiger partial charge in [-0.2, -0.15) is 0 Å². The summed E-state index contributed by atoms with van der Waals surface area (Å²) in [5.41, 5.74) is -0.654. The zero-order valence-electron chi connectivity index (χ0n) is 11.2. The molecular weight excluding hydrogens is 234 g/mol. The van der Waals surface area contributed by atoms with Crippen LogP contribution < -0.4 is 4.90 Å². The minimum atomic E-state index is -0.821. The number of nitrogens with zero attached hydrogens (tertiary/aromatic N) is 3. The Kier molecular flexibility index (Phi) is 4.61. The van der Waals surface area contributed by atoms with Crippen LogP contribution in [0.3, 0.4) is 0 Å². The van der Waals surface area contributed by atoms with Crippen molar-refractivity contribution < 1.29 is 14.6 Å². The molecular formula is C12H19N3O3. The van der Waals surface area contributed by atoms with Gasteiger partial charge >= 0.3 is 5.97 Å². The number of hydrogen-bond acceptors (Lipinski definition) is 6. The Bertz CT molecular complexity index is 398. The average Bonchev–Trinajstić information content (AvgIpc) is 2.34. The van der Waals surface area contributed by atoms with Gasteiger partial charge in [-0.1, -0.05) is 0 Å². The second kappa shape index (κ2) is 5.77. The molecule has 1 aromatic heterocycles. The van der Waals surface area contributed by atoms with E-state index in [2.05, 4.69) is 14.7 Å². The molecule has 1 N–H and O–H groups in total. The molecule has 1 heterocycles. The largest absolute Gasteiger partial charge is 0.464 e. The van der Waals surface area contributed by atoms with Gasteiger partial charge in [-0.3, -0.25) is 0 Å². The molecule has 0 radical (unpaired) electrons. The molecule has 0 unspecified atom stereocenters. The fraction of sp³-hybridized carbons (Fsp3) is 0.583. The summed E-state index contributed by atoms with van der Waals surface area (Å²) in [6.07, 6.45) is 2.87. The number of aromatic nitrogens is 2. The maximum Gasteiger partial charge on any atom is 0.358 e. The van der Waals surface area contributed by atoms with Gasteiger partial charge in [-0.05, 0) is 20.8 Å². The van der Waals surface area contributed by atoms with Crippen molar-refractivity contribution >= 4 is 11.8 Å². The molecule has 0 atom stereocenters. The summed E-state index contributed by atoms with van der Waals surface area (Å²) in [7, 11) is 1.30. The van der Waals surface area contributed by atoms with Gasteiger partial charge in [0, 0.05) is 13.1 Å². The predicted molar refractivity (Wildman–Crippen MR) is 67.6 cm³/mol. The van der Waals surface area contributed by atoms with Crippen LogP contribution in [0.4, 0.5) is 5.82 Å². The van der Waals surface area contributed by atoms with Crippen LogP contribution in [0.5, 0.6) is 0 Å². The summed E-state index contributed by atoms with van der Waals surface area (Å²) < 4.78 is 4.55. The predicted octanol–water partition coefficient (Wildman–Crippen LogP) is 0.860. The highest BCUT2D eigenvalue weighted by Crippen LogP contribution is 2.13. The molecule has 1 aromatic rings. The van der Waals surface area contributed by atoms with E-state index in [1.165, 1.54) is 19.5 Å². The number of rotatable bonds is 5. The molecule has 0 fully saturated rings. The molecule has 0 aromatic carbocycles. The summed E-state index contributed by atoms with van der Waals surface area (Å²) in [6, 6.07) is 0. The van der Waals surface area contributed by atoms with Crippen LogP contribution in [-0.4, -0.2) is 46.8 Å². The van der Waals surface area contributed by atoms with Crippen molar-refractivity contribution in [2.45, 2.75) is 26.4 Å². The van der Waals surface area contributed by atoms with E-state index in [4.69, 9.17) is 0 Å². The molecule has 18 heavy (non-hydrogen) atoms. The lowest BCUT2D eigenvalue weighted by molar-refractivity contribution is 0.0593. The molecule has 0 aliphatic carbocycles. The van der Waals surface area contributed by atoms with E-state index in [9.17, 15) is 9.90 Å².